The lowest BCUT2D eigenvalue weighted by atomic mass is 9.96. The molecule has 1 aliphatic heterocycles. The molecule has 1 amide bonds. The van der Waals surface area contributed by atoms with Crippen molar-refractivity contribution >= 4 is 17.3 Å². The van der Waals surface area contributed by atoms with E-state index in [-0.39, 0.29) is 18.0 Å². The summed E-state index contributed by atoms with van der Waals surface area (Å²) in [6.07, 6.45) is 3.31. The van der Waals surface area contributed by atoms with Gasteiger partial charge in [0.05, 0.1) is 0 Å². The fourth-order valence-electron chi connectivity index (χ4n) is 2.77. The zero-order chi connectivity index (χ0) is 13.3. The molecule has 2 rings (SSSR count). The molecule has 2 atom stereocenters. The van der Waals surface area contributed by atoms with Crippen LogP contribution in [0.2, 0.25) is 0 Å². The maximum atomic E-state index is 12.5. The van der Waals surface area contributed by atoms with Crippen molar-refractivity contribution in [1.29, 1.82) is 0 Å². The Kier molecular flexibility index (Phi) is 3.45. The van der Waals surface area contributed by atoms with E-state index in [1.807, 2.05) is 4.90 Å². The Morgan fingerprint density at radius 2 is 1.61 bits per heavy atom. The smallest absolute Gasteiger partial charge is 0.254 e. The fraction of sp³-hybridized carbons (Fsp3) is 0.500. The molecule has 98 valence electrons. The predicted octanol–water partition coefficient (Wildman–Crippen LogP) is 2.25. The number of benzene rings is 1. The van der Waals surface area contributed by atoms with Crippen LogP contribution >= 0.6 is 0 Å². The van der Waals surface area contributed by atoms with Gasteiger partial charge in [-0.1, -0.05) is 0 Å². The number of rotatable bonds is 1. The summed E-state index contributed by atoms with van der Waals surface area (Å²) in [7, 11) is 0. The van der Waals surface area contributed by atoms with Crippen LogP contribution in [-0.4, -0.2) is 22.9 Å². The number of nitrogens with zero attached hydrogens (tertiary/aromatic N) is 1. The second-order valence-corrected chi connectivity index (χ2v) is 5.23. The first kappa shape index (κ1) is 12.7. The summed E-state index contributed by atoms with van der Waals surface area (Å²) < 4.78 is 0. The maximum absolute atomic E-state index is 12.5. The Labute approximate surface area is 108 Å². The number of hydrogen-bond donors (Lipinski definition) is 2. The lowest BCUT2D eigenvalue weighted by Crippen LogP contribution is -2.47. The number of amides is 1. The Hall–Kier alpha value is -1.71. The SMILES string of the molecule is C[C@@H]1CCC[C@H](C)N1C(=O)c1cc(N)cc(N)c1. The van der Waals surface area contributed by atoms with E-state index in [9.17, 15) is 4.79 Å². The highest BCUT2D eigenvalue weighted by atomic mass is 16.2. The van der Waals surface area contributed by atoms with E-state index in [1.165, 1.54) is 6.42 Å². The van der Waals surface area contributed by atoms with Crippen molar-refractivity contribution in [3.05, 3.63) is 23.8 Å². The van der Waals surface area contributed by atoms with Gasteiger partial charge in [-0.05, 0) is 51.3 Å². The molecule has 4 nitrogen and oxygen atoms in total. The summed E-state index contributed by atoms with van der Waals surface area (Å²) in [5, 5.41) is 0. The molecule has 0 aliphatic carbocycles. The van der Waals surface area contributed by atoms with Gasteiger partial charge in [-0.15, -0.1) is 0 Å². The lowest BCUT2D eigenvalue weighted by Gasteiger charge is -2.39. The van der Waals surface area contributed by atoms with Gasteiger partial charge in [-0.3, -0.25) is 4.79 Å². The Bertz CT molecular complexity index is 428. The highest BCUT2D eigenvalue weighted by molar-refractivity contribution is 5.96. The molecule has 1 heterocycles. The topological polar surface area (TPSA) is 72.3 Å². The molecule has 4 heteroatoms. The van der Waals surface area contributed by atoms with E-state index in [0.717, 1.165) is 12.8 Å². The van der Waals surface area contributed by atoms with Crippen molar-refractivity contribution in [3.63, 3.8) is 0 Å². The molecule has 0 bridgehead atoms. The monoisotopic (exact) mass is 247 g/mol. The minimum Gasteiger partial charge on any atom is -0.399 e. The summed E-state index contributed by atoms with van der Waals surface area (Å²) in [6.45, 7) is 4.20. The average molecular weight is 247 g/mol. The minimum absolute atomic E-state index is 0.0358. The molecule has 0 saturated carbocycles. The molecule has 0 radical (unpaired) electrons. The van der Waals surface area contributed by atoms with E-state index < -0.39 is 0 Å². The first-order chi connectivity index (χ1) is 8.49. The number of carbonyl (C=O) groups is 1. The van der Waals surface area contributed by atoms with Crippen LogP contribution in [0.4, 0.5) is 11.4 Å². The van der Waals surface area contributed by atoms with E-state index in [0.29, 0.717) is 16.9 Å². The highest BCUT2D eigenvalue weighted by Crippen LogP contribution is 2.25. The van der Waals surface area contributed by atoms with Crippen LogP contribution in [0.3, 0.4) is 0 Å². The standard InChI is InChI=1S/C14H21N3O/c1-9-4-3-5-10(2)17(9)14(18)11-6-12(15)8-13(16)7-11/h6-10H,3-5,15-16H2,1-2H3/t9-,10+. The quantitative estimate of drug-likeness (QED) is 0.748. The van der Waals surface area contributed by atoms with Gasteiger partial charge in [-0.25, -0.2) is 0 Å². The first-order valence-corrected chi connectivity index (χ1v) is 6.47. The molecule has 1 fully saturated rings. The van der Waals surface area contributed by atoms with Crippen LogP contribution < -0.4 is 11.5 Å². The van der Waals surface area contributed by atoms with Gasteiger partial charge in [0.25, 0.3) is 5.91 Å². The number of carbonyl (C=O) groups excluding carboxylic acids is 1. The Morgan fingerprint density at radius 3 is 2.11 bits per heavy atom. The zero-order valence-corrected chi connectivity index (χ0v) is 11.0. The second-order valence-electron chi connectivity index (χ2n) is 5.23. The molecule has 18 heavy (non-hydrogen) atoms. The number of likely N-dealkylation sites (tertiary alicyclic amines) is 1. The fourth-order valence-corrected chi connectivity index (χ4v) is 2.77. The molecule has 4 N–H and O–H groups in total. The van der Waals surface area contributed by atoms with Gasteiger partial charge < -0.3 is 16.4 Å². The van der Waals surface area contributed by atoms with Gasteiger partial charge >= 0.3 is 0 Å². The Balaban J connectivity index is 2.29. The lowest BCUT2D eigenvalue weighted by molar-refractivity contribution is 0.0511. The van der Waals surface area contributed by atoms with Crippen LogP contribution in [0, 0.1) is 0 Å². The van der Waals surface area contributed by atoms with Crippen LogP contribution in [0.5, 0.6) is 0 Å². The summed E-state index contributed by atoms with van der Waals surface area (Å²) in [5.74, 6) is 0.0358. The predicted molar refractivity (Wildman–Crippen MR) is 74.2 cm³/mol. The largest absolute Gasteiger partial charge is 0.399 e. The van der Waals surface area contributed by atoms with Crippen LogP contribution in [0.25, 0.3) is 0 Å². The van der Waals surface area contributed by atoms with Crippen LogP contribution in [0.1, 0.15) is 43.5 Å². The van der Waals surface area contributed by atoms with E-state index in [4.69, 9.17) is 11.5 Å². The molecular formula is C14H21N3O. The second kappa shape index (κ2) is 4.88. The van der Waals surface area contributed by atoms with Crippen molar-refractivity contribution in [2.24, 2.45) is 0 Å². The van der Waals surface area contributed by atoms with Gasteiger partial charge in [0.15, 0.2) is 0 Å². The average Bonchev–Trinajstić information content (AvgIpc) is 2.27. The third-order valence-electron chi connectivity index (χ3n) is 3.65. The van der Waals surface area contributed by atoms with E-state index in [2.05, 4.69) is 13.8 Å². The number of piperidine rings is 1. The molecule has 0 spiro atoms. The molecule has 1 aromatic rings. The zero-order valence-electron chi connectivity index (χ0n) is 11.0. The van der Waals surface area contributed by atoms with Gasteiger partial charge in [-0.2, -0.15) is 0 Å². The number of hydrogen-bond acceptors (Lipinski definition) is 3. The van der Waals surface area contributed by atoms with Crippen LogP contribution in [-0.2, 0) is 0 Å². The number of nitrogen functional groups attached to an aromatic ring is 2. The molecule has 0 unspecified atom stereocenters. The third-order valence-corrected chi connectivity index (χ3v) is 3.65. The molecule has 1 saturated heterocycles. The number of anilines is 2. The summed E-state index contributed by atoms with van der Waals surface area (Å²) in [4.78, 5) is 14.5. The summed E-state index contributed by atoms with van der Waals surface area (Å²) >= 11 is 0. The number of nitrogens with two attached hydrogens (primary N) is 2. The van der Waals surface area contributed by atoms with Crippen molar-refractivity contribution in [3.8, 4) is 0 Å². The van der Waals surface area contributed by atoms with Crippen molar-refractivity contribution < 1.29 is 4.79 Å². The van der Waals surface area contributed by atoms with Crippen molar-refractivity contribution in [1.82, 2.24) is 4.90 Å². The van der Waals surface area contributed by atoms with Crippen molar-refractivity contribution in [2.75, 3.05) is 11.5 Å². The van der Waals surface area contributed by atoms with Gasteiger partial charge in [0, 0.05) is 29.0 Å². The summed E-state index contributed by atoms with van der Waals surface area (Å²) in [5.41, 5.74) is 13.2. The molecule has 1 aliphatic rings. The van der Waals surface area contributed by atoms with Crippen LogP contribution in [0.15, 0.2) is 18.2 Å². The van der Waals surface area contributed by atoms with Gasteiger partial charge in [0.2, 0.25) is 0 Å². The highest BCUT2D eigenvalue weighted by Gasteiger charge is 2.29. The third kappa shape index (κ3) is 2.42. The summed E-state index contributed by atoms with van der Waals surface area (Å²) in [6, 6.07) is 5.63. The first-order valence-electron chi connectivity index (χ1n) is 6.47. The van der Waals surface area contributed by atoms with E-state index >= 15 is 0 Å². The molecular weight excluding hydrogens is 226 g/mol. The Morgan fingerprint density at radius 1 is 1.11 bits per heavy atom. The molecule has 1 aromatic carbocycles. The molecule has 0 aromatic heterocycles. The van der Waals surface area contributed by atoms with Gasteiger partial charge in [0.1, 0.15) is 0 Å². The van der Waals surface area contributed by atoms with Crippen molar-refractivity contribution in [2.45, 2.75) is 45.2 Å². The van der Waals surface area contributed by atoms with E-state index in [1.54, 1.807) is 18.2 Å². The normalized spacial score (nSPS) is 24.0. The minimum atomic E-state index is 0.0358. The maximum Gasteiger partial charge on any atom is 0.254 e.